The second-order valence-electron chi connectivity index (χ2n) is 6.12. The van der Waals surface area contributed by atoms with Gasteiger partial charge in [0.25, 0.3) is 0 Å². The summed E-state index contributed by atoms with van der Waals surface area (Å²) in [7, 11) is -3.67. The van der Waals surface area contributed by atoms with Crippen LogP contribution in [0.2, 0.25) is 0 Å². The summed E-state index contributed by atoms with van der Waals surface area (Å²) < 4.78 is 40.4. The quantitative estimate of drug-likeness (QED) is 0.911. The Morgan fingerprint density at radius 1 is 1.24 bits per heavy atom. The molecule has 130 valence electrons. The number of nitrogens with zero attached hydrogens (tertiary/aromatic N) is 2. The van der Waals surface area contributed by atoms with E-state index in [9.17, 15) is 12.8 Å². The van der Waals surface area contributed by atoms with Crippen LogP contribution >= 0.6 is 0 Å². The SMILES string of the molecule is Cc1cc(N2CC[C@@H](NS(=O)(=O)c3ccc(F)cc3)C2)ccc1C#N. The van der Waals surface area contributed by atoms with Crippen molar-refractivity contribution in [3.8, 4) is 6.07 Å². The van der Waals surface area contributed by atoms with E-state index >= 15 is 0 Å². The van der Waals surface area contributed by atoms with Gasteiger partial charge in [0.1, 0.15) is 5.82 Å². The fourth-order valence-corrected chi connectivity index (χ4v) is 4.22. The van der Waals surface area contributed by atoms with Crippen LogP contribution < -0.4 is 9.62 Å². The molecule has 0 spiro atoms. The predicted molar refractivity (Wildman–Crippen MR) is 93.2 cm³/mol. The molecule has 3 rings (SSSR count). The van der Waals surface area contributed by atoms with Gasteiger partial charge in [0.05, 0.1) is 16.5 Å². The van der Waals surface area contributed by atoms with Gasteiger partial charge in [-0.15, -0.1) is 0 Å². The Morgan fingerprint density at radius 3 is 2.60 bits per heavy atom. The van der Waals surface area contributed by atoms with Crippen molar-refractivity contribution >= 4 is 15.7 Å². The molecular formula is C18H18FN3O2S. The Balaban J connectivity index is 1.70. The number of anilines is 1. The number of sulfonamides is 1. The summed E-state index contributed by atoms with van der Waals surface area (Å²) in [6, 6.07) is 12.3. The van der Waals surface area contributed by atoms with Crippen LogP contribution in [0.4, 0.5) is 10.1 Å². The number of rotatable bonds is 4. The van der Waals surface area contributed by atoms with Gasteiger partial charge in [0, 0.05) is 24.8 Å². The normalized spacial score (nSPS) is 17.5. The Kier molecular flexibility index (Phi) is 4.75. The lowest BCUT2D eigenvalue weighted by molar-refractivity contribution is 0.561. The first-order valence-electron chi connectivity index (χ1n) is 7.92. The van der Waals surface area contributed by atoms with Gasteiger partial charge in [-0.05, 0) is 61.4 Å². The van der Waals surface area contributed by atoms with E-state index in [0.717, 1.165) is 29.9 Å². The molecular weight excluding hydrogens is 341 g/mol. The van der Waals surface area contributed by atoms with E-state index in [1.807, 2.05) is 19.1 Å². The average molecular weight is 359 g/mol. The maximum Gasteiger partial charge on any atom is 0.240 e. The zero-order valence-corrected chi connectivity index (χ0v) is 14.6. The topological polar surface area (TPSA) is 73.2 Å². The van der Waals surface area contributed by atoms with Gasteiger partial charge in [-0.25, -0.2) is 17.5 Å². The molecule has 25 heavy (non-hydrogen) atoms. The van der Waals surface area contributed by atoms with Gasteiger partial charge in [-0.3, -0.25) is 0 Å². The Labute approximate surface area is 146 Å². The van der Waals surface area contributed by atoms with Crippen molar-refractivity contribution in [1.29, 1.82) is 5.26 Å². The van der Waals surface area contributed by atoms with Crippen molar-refractivity contribution in [1.82, 2.24) is 4.72 Å². The molecule has 0 aromatic heterocycles. The molecule has 0 radical (unpaired) electrons. The first-order chi connectivity index (χ1) is 11.9. The fourth-order valence-electron chi connectivity index (χ4n) is 2.96. The van der Waals surface area contributed by atoms with Crippen molar-refractivity contribution in [2.45, 2.75) is 24.3 Å². The van der Waals surface area contributed by atoms with E-state index < -0.39 is 15.8 Å². The first-order valence-corrected chi connectivity index (χ1v) is 9.41. The summed E-state index contributed by atoms with van der Waals surface area (Å²) in [4.78, 5) is 2.15. The highest BCUT2D eigenvalue weighted by atomic mass is 32.2. The van der Waals surface area contributed by atoms with Crippen LogP contribution in [0.25, 0.3) is 0 Å². The maximum atomic E-state index is 13.0. The van der Waals surface area contributed by atoms with Crippen LogP contribution in [0.1, 0.15) is 17.5 Å². The molecule has 1 aliphatic heterocycles. The number of aryl methyl sites for hydroxylation is 1. The van der Waals surface area contributed by atoms with Crippen molar-refractivity contribution in [3.05, 3.63) is 59.4 Å². The highest BCUT2D eigenvalue weighted by Gasteiger charge is 2.27. The molecule has 1 atom stereocenters. The molecule has 0 aliphatic carbocycles. The number of nitriles is 1. The van der Waals surface area contributed by atoms with Crippen molar-refractivity contribution in [3.63, 3.8) is 0 Å². The van der Waals surface area contributed by atoms with Gasteiger partial charge in [-0.2, -0.15) is 5.26 Å². The van der Waals surface area contributed by atoms with Crippen molar-refractivity contribution in [2.75, 3.05) is 18.0 Å². The molecule has 0 amide bonds. The van der Waals surface area contributed by atoms with Gasteiger partial charge < -0.3 is 4.90 Å². The molecule has 1 fully saturated rings. The van der Waals surface area contributed by atoms with E-state index in [0.29, 0.717) is 18.5 Å². The Bertz CT molecular complexity index is 920. The zero-order chi connectivity index (χ0) is 18.0. The highest BCUT2D eigenvalue weighted by molar-refractivity contribution is 7.89. The summed E-state index contributed by atoms with van der Waals surface area (Å²) in [6.45, 7) is 3.15. The van der Waals surface area contributed by atoms with Crippen LogP contribution in [0, 0.1) is 24.1 Å². The van der Waals surface area contributed by atoms with Gasteiger partial charge in [0.2, 0.25) is 10.0 Å². The number of benzene rings is 2. The lowest BCUT2D eigenvalue weighted by atomic mass is 10.1. The average Bonchev–Trinajstić information content (AvgIpc) is 3.03. The molecule has 1 saturated heterocycles. The van der Waals surface area contributed by atoms with Crippen LogP contribution in [-0.2, 0) is 10.0 Å². The van der Waals surface area contributed by atoms with Crippen molar-refractivity contribution < 1.29 is 12.8 Å². The molecule has 0 unspecified atom stereocenters. The second-order valence-corrected chi connectivity index (χ2v) is 7.83. The van der Waals surface area contributed by atoms with Gasteiger partial charge in [0.15, 0.2) is 0 Å². The van der Waals surface area contributed by atoms with Crippen molar-refractivity contribution in [2.24, 2.45) is 0 Å². The van der Waals surface area contributed by atoms with Crippen LogP contribution in [0.5, 0.6) is 0 Å². The van der Waals surface area contributed by atoms with Crippen LogP contribution in [0.3, 0.4) is 0 Å². The summed E-state index contributed by atoms with van der Waals surface area (Å²) in [6.07, 6.45) is 0.680. The second kappa shape index (κ2) is 6.82. The number of hydrogen-bond donors (Lipinski definition) is 1. The number of hydrogen-bond acceptors (Lipinski definition) is 4. The lowest BCUT2D eigenvalue weighted by Gasteiger charge is -2.20. The molecule has 7 heteroatoms. The largest absolute Gasteiger partial charge is 0.370 e. The van der Waals surface area contributed by atoms with Gasteiger partial charge in [-0.1, -0.05) is 0 Å². The molecule has 0 bridgehead atoms. The standard InChI is InChI=1S/C18H18FN3O2S/c1-13-10-17(5-2-14(13)11-20)22-9-8-16(12-22)21-25(23,24)18-6-3-15(19)4-7-18/h2-7,10,16,21H,8-9,12H2,1H3/t16-/m1/s1. The molecule has 2 aromatic rings. The van der Waals surface area contributed by atoms with E-state index in [1.54, 1.807) is 6.07 Å². The predicted octanol–water partition coefficient (Wildman–Crippen LogP) is 2.56. The molecule has 1 N–H and O–H groups in total. The van der Waals surface area contributed by atoms with Crippen LogP contribution in [-0.4, -0.2) is 27.5 Å². The summed E-state index contributed by atoms with van der Waals surface area (Å²) in [5.74, 6) is -0.470. The number of halogens is 1. The Morgan fingerprint density at radius 2 is 1.96 bits per heavy atom. The van der Waals surface area contributed by atoms with E-state index in [4.69, 9.17) is 5.26 Å². The highest BCUT2D eigenvalue weighted by Crippen LogP contribution is 2.24. The lowest BCUT2D eigenvalue weighted by Crippen LogP contribution is -2.37. The third-order valence-electron chi connectivity index (χ3n) is 4.33. The fraction of sp³-hybridized carbons (Fsp3) is 0.278. The van der Waals surface area contributed by atoms with E-state index in [-0.39, 0.29) is 10.9 Å². The summed E-state index contributed by atoms with van der Waals surface area (Å²) >= 11 is 0. The molecule has 1 heterocycles. The monoisotopic (exact) mass is 359 g/mol. The summed E-state index contributed by atoms with van der Waals surface area (Å²) in [5.41, 5.74) is 2.51. The first kappa shape index (κ1) is 17.4. The van der Waals surface area contributed by atoms with Gasteiger partial charge >= 0.3 is 0 Å². The third-order valence-corrected chi connectivity index (χ3v) is 5.87. The minimum atomic E-state index is -3.67. The minimum Gasteiger partial charge on any atom is -0.370 e. The smallest absolute Gasteiger partial charge is 0.240 e. The molecule has 5 nitrogen and oxygen atoms in total. The molecule has 1 aliphatic rings. The number of nitrogens with one attached hydrogen (secondary N) is 1. The molecule has 2 aromatic carbocycles. The molecule has 0 saturated carbocycles. The third kappa shape index (κ3) is 3.81. The Hall–Kier alpha value is -2.43. The summed E-state index contributed by atoms with van der Waals surface area (Å²) in [5, 5.41) is 9.01. The minimum absolute atomic E-state index is 0.0570. The van der Waals surface area contributed by atoms with E-state index in [2.05, 4.69) is 15.7 Å². The zero-order valence-electron chi connectivity index (χ0n) is 13.7. The van der Waals surface area contributed by atoms with E-state index in [1.165, 1.54) is 12.1 Å². The van der Waals surface area contributed by atoms with Crippen LogP contribution in [0.15, 0.2) is 47.4 Å². The maximum absolute atomic E-state index is 13.0.